The lowest BCUT2D eigenvalue weighted by atomic mass is 10.00. The highest BCUT2D eigenvalue weighted by atomic mass is 32.1. The molecule has 1 rings (SSSR count). The lowest BCUT2D eigenvalue weighted by Crippen LogP contribution is -2.34. The molecule has 0 bridgehead atoms. The zero-order valence-electron chi connectivity index (χ0n) is 6.48. The topological polar surface area (TPSA) is 24.7 Å². The van der Waals surface area contributed by atoms with E-state index < -0.39 is 5.66 Å². The fraction of sp³-hybridized carbons (Fsp3) is 0.571. The molecule has 2 nitrogen and oxygen atoms in total. The van der Waals surface area contributed by atoms with E-state index >= 15 is 0 Å². The summed E-state index contributed by atoms with van der Waals surface area (Å²) < 4.78 is 0.539. The van der Waals surface area contributed by atoms with Crippen LogP contribution in [0.1, 0.15) is 13.8 Å². The molecule has 0 amide bonds. The normalized spacial score (nSPS) is 19.6. The summed E-state index contributed by atoms with van der Waals surface area (Å²) in [7, 11) is 0. The van der Waals surface area contributed by atoms with Gasteiger partial charge < -0.3 is 0 Å². The summed E-state index contributed by atoms with van der Waals surface area (Å²) in [5.41, 5.74) is -0.571. The molecule has 0 aromatic rings. The van der Waals surface area contributed by atoms with E-state index in [-0.39, 0.29) is 5.92 Å². The highest BCUT2D eigenvalue weighted by molar-refractivity contribution is 8.11. The van der Waals surface area contributed by atoms with Crippen LogP contribution in [0.15, 0.2) is 9.98 Å². The molecule has 0 saturated carbocycles. The summed E-state index contributed by atoms with van der Waals surface area (Å²) in [6.45, 7) is 4.06. The maximum absolute atomic E-state index is 4.98. The van der Waals surface area contributed by atoms with Crippen molar-refractivity contribution in [1.82, 2.24) is 0 Å². The Morgan fingerprint density at radius 2 is 1.91 bits per heavy atom. The number of nitrogens with zero attached hydrogens (tertiary/aromatic N) is 2. The van der Waals surface area contributed by atoms with Crippen LogP contribution in [0.5, 0.6) is 0 Å². The predicted octanol–water partition coefficient (Wildman–Crippen LogP) is 1.75. The first-order valence-electron chi connectivity index (χ1n) is 3.42. The molecule has 1 aliphatic heterocycles. The highest BCUT2D eigenvalue weighted by Crippen LogP contribution is 2.28. The molecule has 0 fully saturated rings. The van der Waals surface area contributed by atoms with E-state index in [2.05, 4.69) is 22.6 Å². The average molecular weight is 186 g/mol. The summed E-state index contributed by atoms with van der Waals surface area (Å²) in [4.78, 5) is 8.40. The second-order valence-electron chi connectivity index (χ2n) is 2.74. The van der Waals surface area contributed by atoms with Gasteiger partial charge in [0, 0.05) is 18.3 Å². The van der Waals surface area contributed by atoms with Crippen LogP contribution in [-0.2, 0) is 0 Å². The van der Waals surface area contributed by atoms with Crippen LogP contribution in [0.4, 0.5) is 0 Å². The Kier molecular flexibility index (Phi) is 2.44. The minimum atomic E-state index is -0.571. The third-order valence-electron chi connectivity index (χ3n) is 1.73. The van der Waals surface area contributed by atoms with Crippen molar-refractivity contribution in [3.05, 3.63) is 0 Å². The third kappa shape index (κ3) is 1.37. The number of thiocarbonyl (C=S) groups is 1. The van der Waals surface area contributed by atoms with Gasteiger partial charge >= 0.3 is 0 Å². The largest absolute Gasteiger partial charge is 0.255 e. The molecule has 0 atom stereocenters. The summed E-state index contributed by atoms with van der Waals surface area (Å²) in [6, 6.07) is 0. The molecule has 0 N–H and O–H groups in total. The first-order valence-corrected chi connectivity index (χ1v) is 4.27. The Morgan fingerprint density at radius 3 is 2.09 bits per heavy atom. The quantitative estimate of drug-likeness (QED) is 0.516. The van der Waals surface area contributed by atoms with Crippen molar-refractivity contribution in [3.8, 4) is 0 Å². The molecule has 0 unspecified atom stereocenters. The molecule has 60 valence electrons. The molecule has 4 heteroatoms. The van der Waals surface area contributed by atoms with Gasteiger partial charge in [0.2, 0.25) is 0 Å². The SMILES string of the molecule is CC(C)C1(C(=S)S)N=CC=N1. The molecule has 1 aliphatic rings. The number of aliphatic imine (C=N–C) groups is 2. The smallest absolute Gasteiger partial charge is 0.193 e. The van der Waals surface area contributed by atoms with E-state index in [9.17, 15) is 0 Å². The maximum Gasteiger partial charge on any atom is 0.193 e. The third-order valence-corrected chi connectivity index (χ3v) is 2.36. The summed E-state index contributed by atoms with van der Waals surface area (Å²) in [5, 5.41) is 0. The zero-order chi connectivity index (χ0) is 8.48. The molecular formula is C7H10N2S2. The molecule has 0 aliphatic carbocycles. The van der Waals surface area contributed by atoms with Crippen LogP contribution in [0.2, 0.25) is 0 Å². The minimum absolute atomic E-state index is 0.266. The number of thiol groups is 1. The number of hydrogen-bond donors (Lipinski definition) is 1. The van der Waals surface area contributed by atoms with Crippen LogP contribution in [0.3, 0.4) is 0 Å². The second-order valence-corrected chi connectivity index (χ2v) is 3.90. The van der Waals surface area contributed by atoms with Crippen molar-refractivity contribution in [1.29, 1.82) is 0 Å². The van der Waals surface area contributed by atoms with Gasteiger partial charge in [-0.3, -0.25) is 9.98 Å². The zero-order valence-corrected chi connectivity index (χ0v) is 8.19. The fourth-order valence-electron chi connectivity index (χ4n) is 0.983. The van der Waals surface area contributed by atoms with Crippen molar-refractivity contribution in [2.24, 2.45) is 15.9 Å². The van der Waals surface area contributed by atoms with Crippen molar-refractivity contribution < 1.29 is 0 Å². The first-order chi connectivity index (χ1) is 5.09. The van der Waals surface area contributed by atoms with E-state index in [0.29, 0.717) is 4.20 Å². The summed E-state index contributed by atoms with van der Waals surface area (Å²) in [5.74, 6) is 0.266. The van der Waals surface area contributed by atoms with Crippen molar-refractivity contribution >= 4 is 41.5 Å². The molecule has 1 heterocycles. The van der Waals surface area contributed by atoms with Gasteiger partial charge in [-0.2, -0.15) is 0 Å². The Morgan fingerprint density at radius 1 is 1.45 bits per heavy atom. The highest BCUT2D eigenvalue weighted by Gasteiger charge is 2.36. The molecule has 0 saturated heterocycles. The van der Waals surface area contributed by atoms with E-state index in [4.69, 9.17) is 12.2 Å². The van der Waals surface area contributed by atoms with E-state index in [1.807, 2.05) is 13.8 Å². The lowest BCUT2D eigenvalue weighted by Gasteiger charge is -2.25. The van der Waals surface area contributed by atoms with E-state index in [0.717, 1.165) is 0 Å². The van der Waals surface area contributed by atoms with E-state index in [1.54, 1.807) is 12.4 Å². The number of rotatable bonds is 2. The maximum atomic E-state index is 4.98. The van der Waals surface area contributed by atoms with Crippen molar-refractivity contribution in [2.75, 3.05) is 0 Å². The van der Waals surface area contributed by atoms with E-state index in [1.165, 1.54) is 0 Å². The molecule has 0 aromatic carbocycles. The average Bonchev–Trinajstić information content (AvgIpc) is 2.34. The first kappa shape index (κ1) is 8.87. The van der Waals surface area contributed by atoms with Crippen LogP contribution >= 0.6 is 24.8 Å². The van der Waals surface area contributed by atoms with Crippen molar-refractivity contribution in [2.45, 2.75) is 19.5 Å². The van der Waals surface area contributed by atoms with Crippen molar-refractivity contribution in [3.63, 3.8) is 0 Å². The molecule has 11 heavy (non-hydrogen) atoms. The Bertz CT molecular complexity index is 219. The second kappa shape index (κ2) is 3.03. The Hall–Kier alpha value is -0.220. The van der Waals surface area contributed by atoms with Gasteiger partial charge in [0.15, 0.2) is 5.66 Å². The molecule has 0 radical (unpaired) electrons. The fourth-order valence-corrected chi connectivity index (χ4v) is 1.70. The van der Waals surface area contributed by atoms with Crippen LogP contribution in [0.25, 0.3) is 0 Å². The minimum Gasteiger partial charge on any atom is -0.255 e. The predicted molar refractivity (Wildman–Crippen MR) is 56.1 cm³/mol. The molecular weight excluding hydrogens is 176 g/mol. The van der Waals surface area contributed by atoms with Crippen LogP contribution in [-0.4, -0.2) is 22.3 Å². The van der Waals surface area contributed by atoms with Gasteiger partial charge in [0.1, 0.15) is 0 Å². The van der Waals surface area contributed by atoms with Gasteiger partial charge in [0.25, 0.3) is 0 Å². The monoisotopic (exact) mass is 186 g/mol. The standard InChI is InChI=1S/C7H10N2S2/c1-5(2)7(6(10)11)8-3-4-9-7/h3-5H,1-2H3,(H,10,11). The molecule has 0 aromatic heterocycles. The Balaban J connectivity index is 2.99. The summed E-state index contributed by atoms with van der Waals surface area (Å²) >= 11 is 9.10. The lowest BCUT2D eigenvalue weighted by molar-refractivity contribution is 0.451. The van der Waals surface area contributed by atoms with Crippen LogP contribution in [0, 0.1) is 5.92 Å². The Labute approximate surface area is 77.2 Å². The van der Waals surface area contributed by atoms with Gasteiger partial charge in [0.05, 0.1) is 4.20 Å². The number of hydrogen-bond acceptors (Lipinski definition) is 3. The van der Waals surface area contributed by atoms with Gasteiger partial charge in [-0.15, -0.1) is 12.6 Å². The molecule has 0 spiro atoms. The van der Waals surface area contributed by atoms with Gasteiger partial charge in [-0.1, -0.05) is 26.1 Å². The van der Waals surface area contributed by atoms with Crippen LogP contribution < -0.4 is 0 Å². The van der Waals surface area contributed by atoms with Gasteiger partial charge in [-0.05, 0) is 0 Å². The van der Waals surface area contributed by atoms with Gasteiger partial charge in [-0.25, -0.2) is 0 Å². The summed E-state index contributed by atoms with van der Waals surface area (Å²) in [6.07, 6.45) is 3.34.